The molecule has 0 unspecified atom stereocenters. The van der Waals surface area contributed by atoms with Gasteiger partial charge >= 0.3 is 11.9 Å². The number of hydrogen-bond acceptors (Lipinski definition) is 8. The van der Waals surface area contributed by atoms with E-state index < -0.39 is 34.0 Å². The van der Waals surface area contributed by atoms with Crippen LogP contribution in [-0.2, 0) is 37.1 Å². The highest BCUT2D eigenvalue weighted by atomic mass is 32.2. The van der Waals surface area contributed by atoms with Gasteiger partial charge in [0.2, 0.25) is 10.0 Å². The molecular formula is C32H42N2O7S2. The number of fused-ring (bicyclic) bond motifs is 3. The topological polar surface area (TPSA) is 119 Å². The van der Waals surface area contributed by atoms with Gasteiger partial charge in [-0.15, -0.1) is 11.3 Å². The van der Waals surface area contributed by atoms with Gasteiger partial charge in [0.25, 0.3) is 5.91 Å². The number of esters is 2. The van der Waals surface area contributed by atoms with Crippen LogP contribution in [0.25, 0.3) is 0 Å². The highest BCUT2D eigenvalue weighted by Crippen LogP contribution is 2.53. The highest BCUT2D eigenvalue weighted by Gasteiger charge is 2.53. The number of nitrogens with zero attached hydrogens (tertiary/aromatic N) is 1. The molecule has 2 aromatic rings. The molecular weight excluding hydrogens is 588 g/mol. The molecule has 1 aromatic heterocycles. The Bertz CT molecular complexity index is 1550. The zero-order valence-corrected chi connectivity index (χ0v) is 27.5. The lowest BCUT2D eigenvalue weighted by molar-refractivity contribution is -0.123. The van der Waals surface area contributed by atoms with E-state index in [1.54, 1.807) is 11.2 Å². The normalized spacial score (nSPS) is 25.4. The molecule has 3 aliphatic rings. The van der Waals surface area contributed by atoms with Crippen molar-refractivity contribution in [1.82, 2.24) is 4.31 Å². The molecule has 2 heterocycles. The Morgan fingerprint density at radius 2 is 1.91 bits per heavy atom. The van der Waals surface area contributed by atoms with Crippen LogP contribution in [-0.4, -0.2) is 55.9 Å². The molecule has 43 heavy (non-hydrogen) atoms. The number of hydrogen-bond donors (Lipinski definition) is 1. The monoisotopic (exact) mass is 630 g/mol. The number of anilines is 1. The zero-order chi connectivity index (χ0) is 31.3. The number of thiophene rings is 1. The summed E-state index contributed by atoms with van der Waals surface area (Å²) in [7, 11) is -3.84. The lowest BCUT2D eigenvalue weighted by Crippen LogP contribution is -2.37. The van der Waals surface area contributed by atoms with Crippen molar-refractivity contribution in [2.45, 2.75) is 97.1 Å². The Kier molecular flexibility index (Phi) is 8.56. The molecule has 1 aromatic carbocycles. The summed E-state index contributed by atoms with van der Waals surface area (Å²) in [6, 6.07) is 5.74. The number of benzene rings is 1. The summed E-state index contributed by atoms with van der Waals surface area (Å²) in [4.78, 5) is 40.1. The fraction of sp³-hybridized carbons (Fsp3) is 0.594. The summed E-state index contributed by atoms with van der Waals surface area (Å²) >= 11 is 1.36. The minimum Gasteiger partial charge on any atom is -0.462 e. The summed E-state index contributed by atoms with van der Waals surface area (Å²) in [5.41, 5.74) is 1.32. The minimum absolute atomic E-state index is 0.0329. The van der Waals surface area contributed by atoms with Crippen molar-refractivity contribution in [3.8, 4) is 0 Å². The maximum atomic E-state index is 13.7. The van der Waals surface area contributed by atoms with Crippen molar-refractivity contribution in [3.63, 3.8) is 0 Å². The van der Waals surface area contributed by atoms with E-state index in [4.69, 9.17) is 9.47 Å². The largest absolute Gasteiger partial charge is 0.462 e. The van der Waals surface area contributed by atoms with Crippen molar-refractivity contribution in [1.29, 1.82) is 0 Å². The Labute approximate surface area is 258 Å². The van der Waals surface area contributed by atoms with E-state index in [1.165, 1.54) is 42.5 Å². The third-order valence-electron chi connectivity index (χ3n) is 8.92. The maximum Gasteiger partial charge on any atom is 0.341 e. The van der Waals surface area contributed by atoms with Crippen LogP contribution in [0.15, 0.2) is 29.2 Å². The summed E-state index contributed by atoms with van der Waals surface area (Å²) in [5.74, 6) is -1.40. The second-order valence-corrected chi connectivity index (χ2v) is 16.6. The number of carbonyl (C=O) groups is 3. The predicted molar refractivity (Wildman–Crippen MR) is 165 cm³/mol. The average molecular weight is 631 g/mol. The fourth-order valence-electron chi connectivity index (χ4n) is 7.36. The second-order valence-electron chi connectivity index (χ2n) is 13.6. The van der Waals surface area contributed by atoms with E-state index in [9.17, 15) is 22.8 Å². The number of carbonyl (C=O) groups excluding carboxylic acids is 3. The molecule has 1 aliphatic heterocycles. The van der Waals surface area contributed by atoms with Gasteiger partial charge in [-0.2, -0.15) is 4.31 Å². The molecule has 5 rings (SSSR count). The van der Waals surface area contributed by atoms with Crippen LogP contribution in [0.1, 0.15) is 98.4 Å². The first-order chi connectivity index (χ1) is 20.1. The predicted octanol–water partition coefficient (Wildman–Crippen LogP) is 5.82. The Morgan fingerprint density at radius 3 is 2.63 bits per heavy atom. The van der Waals surface area contributed by atoms with Gasteiger partial charge in [-0.3, -0.25) is 4.79 Å². The minimum atomic E-state index is -3.84. The van der Waals surface area contributed by atoms with Gasteiger partial charge < -0.3 is 14.8 Å². The lowest BCUT2D eigenvalue weighted by atomic mass is 9.65. The van der Waals surface area contributed by atoms with Gasteiger partial charge in [0.15, 0.2) is 6.10 Å². The van der Waals surface area contributed by atoms with Crippen molar-refractivity contribution in [3.05, 3.63) is 45.8 Å². The number of sulfonamides is 1. The van der Waals surface area contributed by atoms with Gasteiger partial charge in [0, 0.05) is 17.5 Å². The van der Waals surface area contributed by atoms with Gasteiger partial charge in [0.05, 0.1) is 22.6 Å². The summed E-state index contributed by atoms with van der Waals surface area (Å²) in [6.45, 7) is 12.5. The maximum absolute atomic E-state index is 13.7. The van der Waals surface area contributed by atoms with Gasteiger partial charge in [-0.25, -0.2) is 18.0 Å². The first-order valence-electron chi connectivity index (χ1n) is 15.1. The van der Waals surface area contributed by atoms with Crippen LogP contribution in [0.5, 0.6) is 0 Å². The first-order valence-corrected chi connectivity index (χ1v) is 17.3. The molecule has 2 aliphatic carbocycles. The lowest BCUT2D eigenvalue weighted by Gasteiger charge is -2.39. The molecule has 234 valence electrons. The molecule has 1 saturated heterocycles. The molecule has 1 saturated carbocycles. The van der Waals surface area contributed by atoms with Crippen molar-refractivity contribution >= 4 is 44.2 Å². The standard InChI is InChI=1S/C32H42N2O7S2/c1-7-40-30(37)26-24-12-11-19(2)13-25(24)42-28(26)33-27(35)20(3)41-29(36)21-9-8-10-23(14-21)43(38,39)34-18-32(6)16-22(34)15-31(4,5)17-32/h8-10,14,19-20,22H,7,11-13,15-18H2,1-6H3,(H,33,35)/t19-,20-,22+,32+/m1/s1. The van der Waals surface area contributed by atoms with E-state index in [1.807, 2.05) is 0 Å². The van der Waals surface area contributed by atoms with Gasteiger partial charge in [0.1, 0.15) is 5.00 Å². The fourth-order valence-corrected chi connectivity index (χ4v) is 10.6. The molecule has 1 amide bonds. The smallest absolute Gasteiger partial charge is 0.341 e. The second kappa shape index (κ2) is 11.6. The van der Waals surface area contributed by atoms with Crippen molar-refractivity contribution < 1.29 is 32.3 Å². The van der Waals surface area contributed by atoms with Crippen LogP contribution in [0.4, 0.5) is 5.00 Å². The summed E-state index contributed by atoms with van der Waals surface area (Å²) in [5, 5.41) is 3.18. The van der Waals surface area contributed by atoms with Gasteiger partial charge in [-0.1, -0.05) is 33.8 Å². The molecule has 0 radical (unpaired) electrons. The number of amides is 1. The van der Waals surface area contributed by atoms with E-state index >= 15 is 0 Å². The number of nitrogens with one attached hydrogen (secondary N) is 1. The average Bonchev–Trinajstić information content (AvgIpc) is 3.40. The van der Waals surface area contributed by atoms with Gasteiger partial charge in [-0.05, 0) is 92.9 Å². The van der Waals surface area contributed by atoms with E-state index in [-0.39, 0.29) is 33.9 Å². The first kappa shape index (κ1) is 31.7. The molecule has 9 nitrogen and oxygen atoms in total. The van der Waals surface area contributed by atoms with Crippen molar-refractivity contribution in [2.24, 2.45) is 16.7 Å². The quantitative estimate of drug-likeness (QED) is 0.365. The van der Waals surface area contributed by atoms with Crippen LogP contribution < -0.4 is 5.32 Å². The van der Waals surface area contributed by atoms with E-state index in [2.05, 4.69) is 33.0 Å². The van der Waals surface area contributed by atoms with Crippen LogP contribution >= 0.6 is 11.3 Å². The Hall–Kier alpha value is -2.76. The number of ether oxygens (including phenoxy) is 2. The third kappa shape index (κ3) is 6.40. The molecule has 2 bridgehead atoms. The van der Waals surface area contributed by atoms with E-state index in [0.717, 1.165) is 49.0 Å². The third-order valence-corrected chi connectivity index (χ3v) is 12.0. The van der Waals surface area contributed by atoms with E-state index in [0.29, 0.717) is 23.0 Å². The number of rotatable bonds is 8. The molecule has 11 heteroatoms. The molecule has 1 N–H and O–H groups in total. The summed E-state index contributed by atoms with van der Waals surface area (Å²) < 4.78 is 39.8. The highest BCUT2D eigenvalue weighted by molar-refractivity contribution is 7.89. The van der Waals surface area contributed by atoms with Crippen LogP contribution in [0.3, 0.4) is 0 Å². The summed E-state index contributed by atoms with van der Waals surface area (Å²) in [6.07, 6.45) is 3.89. The van der Waals surface area contributed by atoms with Crippen LogP contribution in [0.2, 0.25) is 0 Å². The molecule has 2 fully saturated rings. The molecule has 4 atom stereocenters. The Morgan fingerprint density at radius 1 is 1.16 bits per heavy atom. The Balaban J connectivity index is 1.30. The molecule has 0 spiro atoms. The SMILES string of the molecule is CCOC(=O)c1c(NC(=O)[C@@H](C)OC(=O)c2cccc(S(=O)(=O)N3C[C@@]4(C)C[C@@H]3CC(C)(C)C4)c2)sc2c1CC[C@@H](C)C2. The van der Waals surface area contributed by atoms with Crippen LogP contribution in [0, 0.1) is 16.7 Å². The van der Waals surface area contributed by atoms with Crippen molar-refractivity contribution in [2.75, 3.05) is 18.5 Å². The zero-order valence-electron chi connectivity index (χ0n) is 25.8.